The minimum Gasteiger partial charge on any atom is -0.307 e. The fourth-order valence-corrected chi connectivity index (χ4v) is 2.03. The maximum Gasteiger partial charge on any atom is 0.257 e. The molecule has 0 fully saturated rings. The predicted octanol–water partition coefficient (Wildman–Crippen LogP) is 3.16. The van der Waals surface area contributed by atoms with Crippen LogP contribution in [-0.2, 0) is 0 Å². The zero-order chi connectivity index (χ0) is 10.7. The van der Waals surface area contributed by atoms with E-state index >= 15 is 0 Å². The van der Waals surface area contributed by atoms with E-state index in [2.05, 4.69) is 26.2 Å². The molecule has 2 rings (SSSR count). The average Bonchev–Trinajstić information content (AvgIpc) is 2.70. The zero-order valence-electron chi connectivity index (χ0n) is 7.61. The third-order valence-electron chi connectivity index (χ3n) is 1.75. The van der Waals surface area contributed by atoms with Crippen molar-refractivity contribution in [2.75, 3.05) is 5.32 Å². The molecule has 0 spiro atoms. The topological polar surface area (TPSA) is 42.0 Å². The summed E-state index contributed by atoms with van der Waals surface area (Å²) in [6.45, 7) is 0. The molecular weight excluding hydrogens is 276 g/mol. The third-order valence-corrected chi connectivity index (χ3v) is 2.92. The first kappa shape index (κ1) is 10.3. The Morgan fingerprint density at radius 2 is 2.33 bits per heavy atom. The fraction of sp³-hybridized carbons (Fsp3) is 0. The Morgan fingerprint density at radius 1 is 1.47 bits per heavy atom. The van der Waals surface area contributed by atoms with Gasteiger partial charge in [-0.25, -0.2) is 4.98 Å². The lowest BCUT2D eigenvalue weighted by molar-refractivity contribution is 0.102. The van der Waals surface area contributed by atoms with Crippen molar-refractivity contribution < 1.29 is 4.79 Å². The van der Waals surface area contributed by atoms with Crippen molar-refractivity contribution in [1.29, 1.82) is 0 Å². The molecular formula is C10H7BrN2OS. The summed E-state index contributed by atoms with van der Waals surface area (Å²) >= 11 is 4.80. The monoisotopic (exact) mass is 282 g/mol. The van der Waals surface area contributed by atoms with Crippen molar-refractivity contribution in [2.24, 2.45) is 0 Å². The van der Waals surface area contributed by atoms with E-state index in [0.717, 1.165) is 4.47 Å². The molecule has 2 aromatic rings. The molecule has 0 bridgehead atoms. The Labute approximate surface area is 99.3 Å². The highest BCUT2D eigenvalue weighted by atomic mass is 79.9. The molecule has 76 valence electrons. The number of thiophene rings is 1. The van der Waals surface area contributed by atoms with Crippen LogP contribution in [-0.4, -0.2) is 10.9 Å². The second-order valence-electron chi connectivity index (χ2n) is 2.83. The van der Waals surface area contributed by atoms with Crippen LogP contribution in [0.1, 0.15) is 10.4 Å². The summed E-state index contributed by atoms with van der Waals surface area (Å²) in [6, 6.07) is 5.34. The number of carbonyl (C=O) groups is 1. The lowest BCUT2D eigenvalue weighted by Gasteiger charge is -2.02. The van der Waals surface area contributed by atoms with Crippen LogP contribution in [0.15, 0.2) is 39.6 Å². The molecule has 1 amide bonds. The van der Waals surface area contributed by atoms with Crippen LogP contribution in [0.25, 0.3) is 0 Å². The fourth-order valence-electron chi connectivity index (χ4n) is 1.06. The Morgan fingerprint density at radius 3 is 3.00 bits per heavy atom. The molecule has 0 aliphatic rings. The van der Waals surface area contributed by atoms with E-state index in [9.17, 15) is 4.79 Å². The van der Waals surface area contributed by atoms with Gasteiger partial charge in [0.15, 0.2) is 0 Å². The summed E-state index contributed by atoms with van der Waals surface area (Å²) in [5, 5.41) is 6.38. The number of hydrogen-bond donors (Lipinski definition) is 1. The molecule has 5 heteroatoms. The van der Waals surface area contributed by atoms with Gasteiger partial charge in [-0.3, -0.25) is 4.79 Å². The molecule has 3 nitrogen and oxygen atoms in total. The van der Waals surface area contributed by atoms with E-state index < -0.39 is 0 Å². The number of rotatable bonds is 2. The molecule has 0 aromatic carbocycles. The average molecular weight is 283 g/mol. The first-order valence-electron chi connectivity index (χ1n) is 4.21. The molecule has 0 unspecified atom stereocenters. The van der Waals surface area contributed by atoms with Gasteiger partial charge in [-0.1, -0.05) is 15.9 Å². The van der Waals surface area contributed by atoms with Crippen LogP contribution in [0.3, 0.4) is 0 Å². The van der Waals surface area contributed by atoms with Crippen LogP contribution in [0.5, 0.6) is 0 Å². The summed E-state index contributed by atoms with van der Waals surface area (Å²) in [5.41, 5.74) is 0.654. The van der Waals surface area contributed by atoms with Crippen molar-refractivity contribution in [1.82, 2.24) is 4.98 Å². The normalized spacial score (nSPS) is 9.93. The second kappa shape index (κ2) is 4.55. The summed E-state index contributed by atoms with van der Waals surface area (Å²) in [6.07, 6.45) is 1.63. The number of pyridine rings is 1. The number of carbonyl (C=O) groups excluding carboxylic acids is 1. The lowest BCUT2D eigenvalue weighted by Crippen LogP contribution is -2.11. The number of hydrogen-bond acceptors (Lipinski definition) is 3. The highest BCUT2D eigenvalue weighted by molar-refractivity contribution is 9.10. The van der Waals surface area contributed by atoms with E-state index in [-0.39, 0.29) is 5.91 Å². The molecule has 2 heterocycles. The molecule has 0 atom stereocenters. The molecule has 0 aliphatic carbocycles. The summed E-state index contributed by atoms with van der Waals surface area (Å²) in [7, 11) is 0. The minimum absolute atomic E-state index is 0.137. The highest BCUT2D eigenvalue weighted by Gasteiger charge is 2.06. The van der Waals surface area contributed by atoms with Crippen molar-refractivity contribution in [3.05, 3.63) is 45.2 Å². The van der Waals surface area contributed by atoms with Crippen LogP contribution in [0.2, 0.25) is 0 Å². The minimum atomic E-state index is -0.137. The van der Waals surface area contributed by atoms with Gasteiger partial charge < -0.3 is 5.32 Å². The number of halogens is 1. The Bertz CT molecular complexity index is 470. The first-order chi connectivity index (χ1) is 7.25. The Kier molecular flexibility index (Phi) is 3.13. The van der Waals surface area contributed by atoms with Gasteiger partial charge in [0.05, 0.1) is 5.56 Å². The quantitative estimate of drug-likeness (QED) is 0.919. The van der Waals surface area contributed by atoms with Gasteiger partial charge in [0, 0.05) is 16.0 Å². The smallest absolute Gasteiger partial charge is 0.257 e. The summed E-state index contributed by atoms with van der Waals surface area (Å²) in [4.78, 5) is 15.7. The van der Waals surface area contributed by atoms with Gasteiger partial charge in [0.2, 0.25) is 0 Å². The Hall–Kier alpha value is -1.20. The largest absolute Gasteiger partial charge is 0.307 e. The highest BCUT2D eigenvalue weighted by Crippen LogP contribution is 2.14. The van der Waals surface area contributed by atoms with E-state index in [1.54, 1.807) is 29.8 Å². The van der Waals surface area contributed by atoms with Gasteiger partial charge in [-0.2, -0.15) is 11.3 Å². The molecule has 0 saturated carbocycles. The second-order valence-corrected chi connectivity index (χ2v) is 4.52. The van der Waals surface area contributed by atoms with Crippen molar-refractivity contribution >= 4 is 39.0 Å². The number of nitrogens with one attached hydrogen (secondary N) is 1. The van der Waals surface area contributed by atoms with Gasteiger partial charge in [-0.15, -0.1) is 0 Å². The van der Waals surface area contributed by atoms with Crippen LogP contribution in [0.4, 0.5) is 5.82 Å². The molecule has 0 radical (unpaired) electrons. The van der Waals surface area contributed by atoms with Crippen molar-refractivity contribution in [2.45, 2.75) is 0 Å². The van der Waals surface area contributed by atoms with Gasteiger partial charge in [-0.05, 0) is 23.6 Å². The van der Waals surface area contributed by atoms with E-state index in [1.165, 1.54) is 11.3 Å². The third kappa shape index (κ3) is 2.64. The number of nitrogens with zero attached hydrogens (tertiary/aromatic N) is 1. The SMILES string of the molecule is O=C(Nc1cc(Br)ccn1)c1ccsc1. The molecule has 1 N–H and O–H groups in total. The maximum atomic E-state index is 11.6. The number of aromatic nitrogens is 1. The maximum absolute atomic E-state index is 11.6. The van der Waals surface area contributed by atoms with Gasteiger partial charge in [0.25, 0.3) is 5.91 Å². The van der Waals surface area contributed by atoms with E-state index in [1.807, 2.05) is 5.38 Å². The van der Waals surface area contributed by atoms with Crippen LogP contribution in [0, 0.1) is 0 Å². The lowest BCUT2D eigenvalue weighted by atomic mass is 10.3. The zero-order valence-corrected chi connectivity index (χ0v) is 10.0. The first-order valence-corrected chi connectivity index (χ1v) is 5.94. The van der Waals surface area contributed by atoms with Crippen LogP contribution >= 0.6 is 27.3 Å². The van der Waals surface area contributed by atoms with Crippen molar-refractivity contribution in [3.8, 4) is 0 Å². The molecule has 0 aliphatic heterocycles. The molecule has 0 saturated heterocycles. The van der Waals surface area contributed by atoms with Crippen LogP contribution < -0.4 is 5.32 Å². The van der Waals surface area contributed by atoms with Crippen molar-refractivity contribution in [3.63, 3.8) is 0 Å². The van der Waals surface area contributed by atoms with Gasteiger partial charge >= 0.3 is 0 Å². The predicted molar refractivity (Wildman–Crippen MR) is 64.2 cm³/mol. The Balaban J connectivity index is 2.13. The molecule has 2 aromatic heterocycles. The van der Waals surface area contributed by atoms with E-state index in [4.69, 9.17) is 0 Å². The standard InChI is InChI=1S/C10H7BrN2OS/c11-8-1-3-12-9(5-8)13-10(14)7-2-4-15-6-7/h1-6H,(H,12,13,14). The number of amides is 1. The van der Waals surface area contributed by atoms with E-state index in [0.29, 0.717) is 11.4 Å². The van der Waals surface area contributed by atoms with Gasteiger partial charge in [0.1, 0.15) is 5.82 Å². The molecule has 15 heavy (non-hydrogen) atoms. The number of anilines is 1. The summed E-state index contributed by atoms with van der Waals surface area (Å²) in [5.74, 6) is 0.405. The summed E-state index contributed by atoms with van der Waals surface area (Å²) < 4.78 is 0.887.